The quantitative estimate of drug-likeness (QED) is 0.480. The zero-order valence-corrected chi connectivity index (χ0v) is 20.6. The minimum Gasteiger partial charge on any atom is -0.486 e. The van der Waals surface area contributed by atoms with E-state index in [0.29, 0.717) is 30.2 Å². The Morgan fingerprint density at radius 3 is 2.32 bits per heavy atom. The van der Waals surface area contributed by atoms with E-state index in [2.05, 4.69) is 5.32 Å². The summed E-state index contributed by atoms with van der Waals surface area (Å²) in [6.45, 7) is 2.48. The van der Waals surface area contributed by atoms with Gasteiger partial charge in [0.15, 0.2) is 23.1 Å². The molecule has 0 saturated carbocycles. The molecule has 3 aromatic rings. The van der Waals surface area contributed by atoms with Crippen LogP contribution in [-0.4, -0.2) is 60.0 Å². The molecule has 2 aliphatic heterocycles. The van der Waals surface area contributed by atoms with Crippen molar-refractivity contribution < 1.29 is 23.9 Å². The van der Waals surface area contributed by atoms with Crippen LogP contribution in [0.3, 0.4) is 0 Å². The zero-order valence-electron chi connectivity index (χ0n) is 20.6. The standard InChI is InChI=1S/C29H29N3O5/c1-2-31(18-23-20-36-24-15-9-10-16-25(24)37-23)26(33)19-32-27(34)29(30-28(32)35,22-13-7-4-8-14-22)17-21-11-5-3-6-12-21/h3-16,23H,2,17-20H2,1H3,(H,30,35)/t23-,29-/m0/s1. The number of carbonyl (C=O) groups excluding carboxylic acids is 3. The van der Waals surface area contributed by atoms with E-state index in [-0.39, 0.29) is 31.5 Å². The average Bonchev–Trinajstić information content (AvgIpc) is 3.17. The number of nitrogens with zero attached hydrogens (tertiary/aromatic N) is 2. The lowest BCUT2D eigenvalue weighted by molar-refractivity contribution is -0.140. The molecular formula is C29H29N3O5. The summed E-state index contributed by atoms with van der Waals surface area (Å²) in [5, 5.41) is 2.91. The molecule has 8 nitrogen and oxygen atoms in total. The summed E-state index contributed by atoms with van der Waals surface area (Å²) in [6, 6.07) is 25.5. The highest BCUT2D eigenvalue weighted by Gasteiger charge is 2.53. The Bertz CT molecular complexity index is 1280. The Labute approximate surface area is 215 Å². The molecule has 2 heterocycles. The van der Waals surface area contributed by atoms with Gasteiger partial charge in [0.2, 0.25) is 5.91 Å². The molecule has 2 aliphatic rings. The number of hydrogen-bond donors (Lipinski definition) is 1. The Kier molecular flexibility index (Phi) is 6.81. The van der Waals surface area contributed by atoms with Crippen molar-refractivity contribution in [2.75, 3.05) is 26.2 Å². The molecular weight excluding hydrogens is 470 g/mol. The van der Waals surface area contributed by atoms with Crippen LogP contribution in [0.1, 0.15) is 18.1 Å². The van der Waals surface area contributed by atoms with Crippen LogP contribution < -0.4 is 14.8 Å². The number of likely N-dealkylation sites (N-methyl/N-ethyl adjacent to an activating group) is 1. The van der Waals surface area contributed by atoms with Crippen molar-refractivity contribution >= 4 is 17.8 Å². The topological polar surface area (TPSA) is 88.2 Å². The lowest BCUT2D eigenvalue weighted by Crippen LogP contribution is -2.49. The molecule has 1 fully saturated rings. The first-order chi connectivity index (χ1) is 18.0. The fourth-order valence-electron chi connectivity index (χ4n) is 4.85. The van der Waals surface area contributed by atoms with Gasteiger partial charge < -0.3 is 19.7 Å². The first kappa shape index (κ1) is 24.4. The highest BCUT2D eigenvalue weighted by atomic mass is 16.6. The maximum absolute atomic E-state index is 13.8. The van der Waals surface area contributed by atoms with Crippen LogP contribution in [0.2, 0.25) is 0 Å². The molecule has 0 radical (unpaired) electrons. The lowest BCUT2D eigenvalue weighted by atomic mass is 9.83. The maximum Gasteiger partial charge on any atom is 0.325 e. The van der Waals surface area contributed by atoms with Gasteiger partial charge in [-0.3, -0.25) is 14.5 Å². The van der Waals surface area contributed by atoms with E-state index in [9.17, 15) is 14.4 Å². The third kappa shape index (κ3) is 4.87. The Balaban J connectivity index is 1.33. The number of fused-ring (bicyclic) bond motifs is 1. The second-order valence-electron chi connectivity index (χ2n) is 9.19. The SMILES string of the molecule is CCN(C[C@H]1COc2ccccc2O1)C(=O)CN1C(=O)N[C@@](Cc2ccccc2)(c2ccccc2)C1=O. The number of carbonyl (C=O) groups is 3. The fraction of sp³-hybridized carbons (Fsp3) is 0.276. The highest BCUT2D eigenvalue weighted by Crippen LogP contribution is 2.33. The molecule has 1 N–H and O–H groups in total. The van der Waals surface area contributed by atoms with Crippen molar-refractivity contribution in [3.05, 3.63) is 96.1 Å². The number of nitrogens with one attached hydrogen (secondary N) is 1. The second-order valence-corrected chi connectivity index (χ2v) is 9.19. The summed E-state index contributed by atoms with van der Waals surface area (Å²) in [7, 11) is 0. The number of rotatable bonds is 8. The van der Waals surface area contributed by atoms with Gasteiger partial charge in [-0.2, -0.15) is 0 Å². The summed E-state index contributed by atoms with van der Waals surface area (Å²) >= 11 is 0. The molecule has 3 aromatic carbocycles. The highest BCUT2D eigenvalue weighted by molar-refractivity contribution is 6.09. The summed E-state index contributed by atoms with van der Waals surface area (Å²) < 4.78 is 11.8. The first-order valence-electron chi connectivity index (χ1n) is 12.4. The minimum atomic E-state index is -1.29. The predicted molar refractivity (Wildman–Crippen MR) is 137 cm³/mol. The van der Waals surface area contributed by atoms with Gasteiger partial charge in [0, 0.05) is 13.0 Å². The number of urea groups is 1. The number of ether oxygens (including phenoxy) is 2. The molecule has 5 rings (SSSR count). The minimum absolute atomic E-state index is 0.275. The van der Waals surface area contributed by atoms with Crippen molar-refractivity contribution in [1.29, 1.82) is 0 Å². The van der Waals surface area contributed by atoms with Crippen molar-refractivity contribution in [1.82, 2.24) is 15.1 Å². The van der Waals surface area contributed by atoms with E-state index in [1.54, 1.807) is 4.90 Å². The largest absolute Gasteiger partial charge is 0.486 e. The number of amides is 4. The van der Waals surface area contributed by atoms with Crippen molar-refractivity contribution in [3.8, 4) is 11.5 Å². The Morgan fingerprint density at radius 1 is 0.973 bits per heavy atom. The van der Waals surface area contributed by atoms with Crippen LogP contribution in [0.25, 0.3) is 0 Å². The third-order valence-electron chi connectivity index (χ3n) is 6.77. The van der Waals surface area contributed by atoms with Crippen LogP contribution in [0, 0.1) is 0 Å². The van der Waals surface area contributed by atoms with E-state index in [1.165, 1.54) is 0 Å². The van der Waals surface area contributed by atoms with Gasteiger partial charge in [0.05, 0.1) is 6.54 Å². The van der Waals surface area contributed by atoms with E-state index in [1.807, 2.05) is 91.9 Å². The zero-order chi connectivity index (χ0) is 25.8. The predicted octanol–water partition coefficient (Wildman–Crippen LogP) is 3.36. The molecule has 1 saturated heterocycles. The van der Waals surface area contributed by atoms with Gasteiger partial charge in [-0.15, -0.1) is 0 Å². The van der Waals surface area contributed by atoms with Crippen LogP contribution in [-0.2, 0) is 21.5 Å². The number of hydrogen-bond acceptors (Lipinski definition) is 5. The lowest BCUT2D eigenvalue weighted by Gasteiger charge is -2.31. The van der Waals surface area contributed by atoms with E-state index in [4.69, 9.17) is 9.47 Å². The maximum atomic E-state index is 13.8. The van der Waals surface area contributed by atoms with Gasteiger partial charge in [-0.05, 0) is 30.2 Å². The molecule has 190 valence electrons. The summed E-state index contributed by atoms with van der Waals surface area (Å²) in [5.41, 5.74) is 0.283. The molecule has 0 aliphatic carbocycles. The molecule has 8 heteroatoms. The molecule has 0 aromatic heterocycles. The molecule has 4 amide bonds. The van der Waals surface area contributed by atoms with Crippen LogP contribution in [0.5, 0.6) is 11.5 Å². The van der Waals surface area contributed by atoms with E-state index >= 15 is 0 Å². The van der Waals surface area contributed by atoms with Gasteiger partial charge in [0.25, 0.3) is 5.91 Å². The van der Waals surface area contributed by atoms with Crippen molar-refractivity contribution in [2.24, 2.45) is 0 Å². The number of benzene rings is 3. The van der Waals surface area contributed by atoms with Gasteiger partial charge in [0.1, 0.15) is 13.2 Å². The van der Waals surface area contributed by atoms with E-state index < -0.39 is 17.5 Å². The first-order valence-corrected chi connectivity index (χ1v) is 12.4. The van der Waals surface area contributed by atoms with Crippen LogP contribution in [0.4, 0.5) is 4.79 Å². The smallest absolute Gasteiger partial charge is 0.325 e. The van der Waals surface area contributed by atoms with Gasteiger partial charge in [-0.1, -0.05) is 72.8 Å². The summed E-state index contributed by atoms with van der Waals surface area (Å²) in [4.78, 5) is 42.9. The van der Waals surface area contributed by atoms with E-state index in [0.717, 1.165) is 10.5 Å². The molecule has 0 bridgehead atoms. The van der Waals surface area contributed by atoms with Crippen molar-refractivity contribution in [3.63, 3.8) is 0 Å². The molecule has 0 unspecified atom stereocenters. The second kappa shape index (κ2) is 10.3. The molecule has 2 atom stereocenters. The summed E-state index contributed by atoms with van der Waals surface area (Å²) in [5.74, 6) is 0.521. The number of imide groups is 1. The van der Waals surface area contributed by atoms with Crippen LogP contribution >= 0.6 is 0 Å². The van der Waals surface area contributed by atoms with Crippen molar-refractivity contribution in [2.45, 2.75) is 25.0 Å². The van der Waals surface area contributed by atoms with Gasteiger partial charge in [-0.25, -0.2) is 4.79 Å². The summed E-state index contributed by atoms with van der Waals surface area (Å²) in [6.07, 6.45) is -0.0829. The normalized spacial score (nSPS) is 20.5. The monoisotopic (exact) mass is 499 g/mol. The molecule has 37 heavy (non-hydrogen) atoms. The van der Waals surface area contributed by atoms with Crippen LogP contribution in [0.15, 0.2) is 84.9 Å². The van der Waals surface area contributed by atoms with Gasteiger partial charge >= 0.3 is 6.03 Å². The molecule has 0 spiro atoms. The number of para-hydroxylation sites is 2. The third-order valence-corrected chi connectivity index (χ3v) is 6.77. The fourth-order valence-corrected chi connectivity index (χ4v) is 4.85. The Hall–Kier alpha value is -4.33. The Morgan fingerprint density at radius 2 is 1.62 bits per heavy atom. The average molecular weight is 500 g/mol.